The molecule has 7 heteroatoms. The van der Waals surface area contributed by atoms with Crippen molar-refractivity contribution in [2.24, 2.45) is 0 Å². The third kappa shape index (κ3) is 8.43. The highest BCUT2D eigenvalue weighted by atomic mass is 16.3. The van der Waals surface area contributed by atoms with Crippen LogP contribution < -0.4 is 9.80 Å². The summed E-state index contributed by atoms with van der Waals surface area (Å²) in [6.07, 6.45) is 0. The molecular weight excluding hydrogens is 1100 g/mol. The predicted molar refractivity (Wildman–Crippen MR) is 372 cm³/mol. The quantitative estimate of drug-likeness (QED) is 0.129. The molecule has 0 spiro atoms. The van der Waals surface area contributed by atoms with Crippen LogP contribution in [0.4, 0.5) is 34.1 Å². The summed E-state index contributed by atoms with van der Waals surface area (Å²) in [5.74, 6) is 2.51. The number of para-hydroxylation sites is 5. The van der Waals surface area contributed by atoms with Crippen molar-refractivity contribution in [2.75, 3.05) is 9.80 Å². The van der Waals surface area contributed by atoms with Crippen LogP contribution in [-0.2, 0) is 0 Å². The standard InChI is InChI=1S/C83H54N4O3/c1-53-24-32-62(33-25-53)84(63-34-26-54(27-35-63)79-48-57-14-8-11-21-76(57)88-79)66-40-42-70-74(51-66)86(60-17-4-2-5-18-60)72-46-44-69-68(82(70)72)45-47-73-83(69)71-43-41-67(52-75(71)87(73)61-19-6-3-7-20-61)85(64-36-28-55(29-37-64)80-49-58-15-9-12-22-77(58)89-80)65-38-30-56(31-39-65)81-50-59-16-10-13-23-78(59)90-81/h2-52H,1H3. The first-order valence-corrected chi connectivity index (χ1v) is 30.5. The van der Waals surface area contributed by atoms with E-state index in [1.54, 1.807) is 0 Å². The van der Waals surface area contributed by atoms with Gasteiger partial charge in [-0.1, -0.05) is 133 Å². The Labute approximate surface area is 518 Å². The molecule has 0 fully saturated rings. The lowest BCUT2D eigenvalue weighted by Crippen LogP contribution is -2.10. The topological polar surface area (TPSA) is 55.8 Å². The zero-order valence-electron chi connectivity index (χ0n) is 49.0. The zero-order valence-corrected chi connectivity index (χ0v) is 49.0. The Kier molecular flexibility index (Phi) is 11.7. The molecule has 5 heterocycles. The number of hydrogen-bond acceptors (Lipinski definition) is 5. The monoisotopic (exact) mass is 1150 g/mol. The van der Waals surface area contributed by atoms with Crippen LogP contribution in [0.5, 0.6) is 0 Å². The van der Waals surface area contributed by atoms with Crippen LogP contribution >= 0.6 is 0 Å². The van der Waals surface area contributed by atoms with Gasteiger partial charge in [0.1, 0.15) is 34.0 Å². The molecule has 0 saturated carbocycles. The Morgan fingerprint density at radius 3 is 0.922 bits per heavy atom. The first kappa shape index (κ1) is 51.2. The fraction of sp³-hybridized carbons (Fsp3) is 0.0120. The van der Waals surface area contributed by atoms with Gasteiger partial charge in [-0.15, -0.1) is 0 Å². The van der Waals surface area contributed by atoms with Gasteiger partial charge in [-0.05, 0) is 200 Å². The zero-order chi connectivity index (χ0) is 59.4. The summed E-state index contributed by atoms with van der Waals surface area (Å²) in [5.41, 5.74) is 19.7. The summed E-state index contributed by atoms with van der Waals surface area (Å²) >= 11 is 0. The molecule has 0 N–H and O–H groups in total. The minimum atomic E-state index is 0.833. The highest BCUT2D eigenvalue weighted by molar-refractivity contribution is 6.30. The largest absolute Gasteiger partial charge is 0.456 e. The van der Waals surface area contributed by atoms with Crippen molar-refractivity contribution in [1.29, 1.82) is 0 Å². The highest BCUT2D eigenvalue weighted by Gasteiger charge is 2.24. The molecule has 0 aliphatic rings. The lowest BCUT2D eigenvalue weighted by atomic mass is 9.99. The molecular formula is C83H54N4O3. The Morgan fingerprint density at radius 1 is 0.256 bits per heavy atom. The molecule has 0 amide bonds. The summed E-state index contributed by atoms with van der Waals surface area (Å²) < 4.78 is 23.9. The smallest absolute Gasteiger partial charge is 0.135 e. The van der Waals surface area contributed by atoms with Crippen molar-refractivity contribution in [3.8, 4) is 45.3 Å². The van der Waals surface area contributed by atoms with E-state index in [0.717, 1.165) is 140 Å². The molecule has 0 saturated heterocycles. The SMILES string of the molecule is Cc1ccc(N(c2ccc(-c3cc4ccccc4o3)cc2)c2ccc3c4c5ccc6c(c5ccc4n(-c4ccccc4)c3c2)c2ccc(N(c3ccc(-c4cc5ccccc5o4)cc3)c3ccc(-c4cc5ccccc5o4)cc3)cc2n6-c2ccccc2)cc1. The first-order valence-electron chi connectivity index (χ1n) is 30.5. The molecule has 0 radical (unpaired) electrons. The number of anilines is 6. The average Bonchev–Trinajstić information content (AvgIpc) is 1.60. The highest BCUT2D eigenvalue weighted by Crippen LogP contribution is 2.47. The summed E-state index contributed by atoms with van der Waals surface area (Å²) in [7, 11) is 0. The van der Waals surface area contributed by atoms with E-state index in [2.05, 4.69) is 281 Å². The van der Waals surface area contributed by atoms with E-state index in [1.165, 1.54) is 32.5 Å². The van der Waals surface area contributed by atoms with Crippen molar-refractivity contribution in [3.63, 3.8) is 0 Å². The second-order valence-corrected chi connectivity index (χ2v) is 23.4. The van der Waals surface area contributed by atoms with E-state index in [4.69, 9.17) is 13.3 Å². The van der Waals surface area contributed by atoms with E-state index in [1.807, 2.05) is 54.6 Å². The van der Waals surface area contributed by atoms with Gasteiger partial charge in [0.2, 0.25) is 0 Å². The maximum absolute atomic E-state index is 6.37. The van der Waals surface area contributed by atoms with Gasteiger partial charge in [0, 0.05) is 99.9 Å². The maximum Gasteiger partial charge on any atom is 0.135 e. The second kappa shape index (κ2) is 20.6. The van der Waals surface area contributed by atoms with E-state index < -0.39 is 0 Å². The molecule has 13 aromatic carbocycles. The van der Waals surface area contributed by atoms with Crippen molar-refractivity contribution >= 4 is 121 Å². The minimum Gasteiger partial charge on any atom is -0.456 e. The van der Waals surface area contributed by atoms with Crippen molar-refractivity contribution < 1.29 is 13.3 Å². The first-order chi connectivity index (χ1) is 44.5. The number of furan rings is 3. The average molecular weight is 1160 g/mol. The number of aromatic nitrogens is 2. The normalized spacial score (nSPS) is 11.8. The Balaban J connectivity index is 0.807. The van der Waals surface area contributed by atoms with Gasteiger partial charge in [-0.2, -0.15) is 0 Å². The summed E-state index contributed by atoms with van der Waals surface area (Å²) in [6.45, 7) is 2.14. The van der Waals surface area contributed by atoms with E-state index in [9.17, 15) is 0 Å². The fourth-order valence-electron chi connectivity index (χ4n) is 13.7. The maximum atomic E-state index is 6.37. The lowest BCUT2D eigenvalue weighted by Gasteiger charge is -2.26. The van der Waals surface area contributed by atoms with Gasteiger partial charge in [0.05, 0.1) is 22.1 Å². The molecule has 18 aromatic rings. The predicted octanol–water partition coefficient (Wildman–Crippen LogP) is 23.5. The van der Waals surface area contributed by atoms with Crippen LogP contribution in [-0.4, -0.2) is 9.13 Å². The van der Waals surface area contributed by atoms with Crippen LogP contribution in [0.15, 0.2) is 323 Å². The van der Waals surface area contributed by atoms with Crippen LogP contribution in [0.25, 0.3) is 133 Å². The van der Waals surface area contributed by atoms with Crippen molar-refractivity contribution in [1.82, 2.24) is 9.13 Å². The summed E-state index contributed by atoms with van der Waals surface area (Å²) in [6, 6.07) is 111. The fourth-order valence-corrected chi connectivity index (χ4v) is 13.7. The number of nitrogens with zero attached hydrogens (tertiary/aromatic N) is 4. The Hall–Kier alpha value is -12.1. The number of fused-ring (bicyclic) bond motifs is 12. The van der Waals surface area contributed by atoms with Gasteiger partial charge < -0.3 is 32.2 Å². The molecule has 7 nitrogen and oxygen atoms in total. The Bertz CT molecular complexity index is 5560. The van der Waals surface area contributed by atoms with Crippen LogP contribution in [0.2, 0.25) is 0 Å². The van der Waals surface area contributed by atoms with Crippen molar-refractivity contribution in [3.05, 3.63) is 315 Å². The van der Waals surface area contributed by atoms with E-state index in [0.29, 0.717) is 0 Å². The molecule has 0 aliphatic heterocycles. The number of aryl methyl sites for hydroxylation is 1. The summed E-state index contributed by atoms with van der Waals surface area (Å²) in [4.78, 5) is 4.71. The molecule has 0 aliphatic carbocycles. The number of hydrogen-bond donors (Lipinski definition) is 0. The number of benzene rings is 13. The molecule has 0 unspecified atom stereocenters. The molecule has 18 rings (SSSR count). The van der Waals surface area contributed by atoms with Crippen LogP contribution in [0, 0.1) is 6.92 Å². The van der Waals surface area contributed by atoms with Crippen molar-refractivity contribution in [2.45, 2.75) is 6.92 Å². The van der Waals surface area contributed by atoms with Gasteiger partial charge >= 0.3 is 0 Å². The van der Waals surface area contributed by atoms with Gasteiger partial charge in [0.15, 0.2) is 0 Å². The lowest BCUT2D eigenvalue weighted by molar-refractivity contribution is 0.631. The third-order valence-electron chi connectivity index (χ3n) is 18.0. The number of rotatable bonds is 11. The van der Waals surface area contributed by atoms with Crippen LogP contribution in [0.1, 0.15) is 5.56 Å². The third-order valence-corrected chi connectivity index (χ3v) is 18.0. The molecule has 90 heavy (non-hydrogen) atoms. The van der Waals surface area contributed by atoms with Crippen LogP contribution in [0.3, 0.4) is 0 Å². The van der Waals surface area contributed by atoms with E-state index >= 15 is 0 Å². The second-order valence-electron chi connectivity index (χ2n) is 23.4. The molecule has 0 bridgehead atoms. The summed E-state index contributed by atoms with van der Waals surface area (Å²) in [5, 5.41) is 10.4. The molecule has 424 valence electrons. The van der Waals surface area contributed by atoms with Gasteiger partial charge in [-0.3, -0.25) is 0 Å². The van der Waals surface area contributed by atoms with Gasteiger partial charge in [0.25, 0.3) is 0 Å². The molecule has 5 aromatic heterocycles. The molecule has 0 atom stereocenters. The van der Waals surface area contributed by atoms with Gasteiger partial charge in [-0.25, -0.2) is 0 Å². The Morgan fingerprint density at radius 2 is 0.567 bits per heavy atom. The minimum absolute atomic E-state index is 0.833. The van der Waals surface area contributed by atoms with E-state index in [-0.39, 0.29) is 0 Å².